The number of hydrogen-bond acceptors (Lipinski definition) is 2. The number of anilines is 1. The number of nitrogens with one attached hydrogen (secondary N) is 1. The molecule has 0 aromatic heterocycles. The van der Waals surface area contributed by atoms with Crippen LogP contribution in [0.1, 0.15) is 5.56 Å². The highest BCUT2D eigenvalue weighted by molar-refractivity contribution is 7.92. The number of sulfonamides is 1. The number of rotatable bonds is 3. The van der Waals surface area contributed by atoms with Gasteiger partial charge in [0.15, 0.2) is 0 Å². The molecule has 0 atom stereocenters. The molecule has 7 heteroatoms. The van der Waals surface area contributed by atoms with E-state index < -0.39 is 26.7 Å². The summed E-state index contributed by atoms with van der Waals surface area (Å²) in [5, 5.41) is 1.48. The van der Waals surface area contributed by atoms with E-state index in [1.165, 1.54) is 0 Å². The van der Waals surface area contributed by atoms with Crippen molar-refractivity contribution in [2.24, 2.45) is 0 Å². The van der Waals surface area contributed by atoms with Crippen molar-refractivity contribution in [2.75, 3.05) is 4.72 Å². The van der Waals surface area contributed by atoms with Gasteiger partial charge >= 0.3 is 6.18 Å². The van der Waals surface area contributed by atoms with Gasteiger partial charge in [0.25, 0.3) is 10.0 Å². The average molecular weight is 351 g/mol. The molecular formula is C17H12F3NO2S. The number of alkyl halides is 3. The first-order chi connectivity index (χ1) is 11.3. The van der Waals surface area contributed by atoms with Crippen LogP contribution in [0.4, 0.5) is 18.9 Å². The second-order valence-corrected chi connectivity index (χ2v) is 6.84. The Kier molecular flexibility index (Phi) is 3.96. The summed E-state index contributed by atoms with van der Waals surface area (Å²) >= 11 is 0. The van der Waals surface area contributed by atoms with Gasteiger partial charge in [0.05, 0.1) is 16.1 Å². The first-order valence-electron chi connectivity index (χ1n) is 6.95. The normalized spacial score (nSPS) is 12.3. The molecule has 3 rings (SSSR count). The van der Waals surface area contributed by atoms with Crippen LogP contribution in [0.5, 0.6) is 0 Å². The summed E-state index contributed by atoms with van der Waals surface area (Å²) in [5.74, 6) is 0. The Balaban J connectivity index is 2.03. The lowest BCUT2D eigenvalue weighted by Crippen LogP contribution is -2.14. The monoisotopic (exact) mass is 351 g/mol. The van der Waals surface area contributed by atoms with E-state index in [0.717, 1.165) is 23.6 Å². The molecule has 124 valence electrons. The van der Waals surface area contributed by atoms with Gasteiger partial charge in [0, 0.05) is 5.39 Å². The molecule has 0 spiro atoms. The molecule has 0 aliphatic rings. The van der Waals surface area contributed by atoms with E-state index >= 15 is 0 Å². The minimum atomic E-state index is -4.61. The molecule has 0 bridgehead atoms. The highest BCUT2D eigenvalue weighted by Gasteiger charge is 2.31. The molecule has 0 saturated carbocycles. The van der Waals surface area contributed by atoms with Crippen LogP contribution < -0.4 is 4.72 Å². The van der Waals surface area contributed by atoms with Crippen molar-refractivity contribution in [2.45, 2.75) is 11.1 Å². The minimum Gasteiger partial charge on any atom is -0.279 e. The highest BCUT2D eigenvalue weighted by Crippen LogP contribution is 2.31. The fourth-order valence-corrected chi connectivity index (χ4v) is 3.48. The fourth-order valence-electron chi connectivity index (χ4n) is 2.36. The SMILES string of the molecule is O=S(=O)(Nc1cccc2ccccc12)c1cccc(C(F)(F)F)c1. The van der Waals surface area contributed by atoms with Gasteiger partial charge in [-0.15, -0.1) is 0 Å². The van der Waals surface area contributed by atoms with Gasteiger partial charge in [0.1, 0.15) is 0 Å². The van der Waals surface area contributed by atoms with E-state index in [2.05, 4.69) is 4.72 Å². The summed E-state index contributed by atoms with van der Waals surface area (Å²) in [6.45, 7) is 0. The summed E-state index contributed by atoms with van der Waals surface area (Å²) in [4.78, 5) is -0.440. The van der Waals surface area contributed by atoms with E-state index in [9.17, 15) is 21.6 Å². The number of fused-ring (bicyclic) bond motifs is 1. The molecular weight excluding hydrogens is 339 g/mol. The lowest BCUT2D eigenvalue weighted by molar-refractivity contribution is -0.137. The third kappa shape index (κ3) is 3.21. The predicted molar refractivity (Wildman–Crippen MR) is 86.2 cm³/mol. The Morgan fingerprint density at radius 1 is 0.833 bits per heavy atom. The van der Waals surface area contributed by atoms with Gasteiger partial charge < -0.3 is 0 Å². The summed E-state index contributed by atoms with van der Waals surface area (Å²) in [6, 6.07) is 15.8. The molecule has 0 saturated heterocycles. The van der Waals surface area contributed by atoms with Gasteiger partial charge in [-0.2, -0.15) is 13.2 Å². The van der Waals surface area contributed by atoms with Crippen molar-refractivity contribution in [1.29, 1.82) is 0 Å². The fraction of sp³-hybridized carbons (Fsp3) is 0.0588. The van der Waals surface area contributed by atoms with Crippen LogP contribution in [0.2, 0.25) is 0 Å². The van der Waals surface area contributed by atoms with Crippen LogP contribution in [-0.4, -0.2) is 8.42 Å². The van der Waals surface area contributed by atoms with Crippen LogP contribution in [0.15, 0.2) is 71.6 Å². The van der Waals surface area contributed by atoms with Crippen LogP contribution >= 0.6 is 0 Å². The highest BCUT2D eigenvalue weighted by atomic mass is 32.2. The standard InChI is InChI=1S/C17H12F3NO2S/c18-17(19,20)13-7-4-8-14(11-13)24(22,23)21-16-10-3-6-12-5-1-2-9-15(12)16/h1-11,21H. The van der Waals surface area contributed by atoms with Crippen molar-refractivity contribution in [3.8, 4) is 0 Å². The third-order valence-electron chi connectivity index (χ3n) is 3.51. The molecule has 3 aromatic carbocycles. The lowest BCUT2D eigenvalue weighted by atomic mass is 10.1. The van der Waals surface area contributed by atoms with Gasteiger partial charge in [-0.3, -0.25) is 4.72 Å². The topological polar surface area (TPSA) is 46.2 Å². The lowest BCUT2D eigenvalue weighted by Gasteiger charge is -2.12. The van der Waals surface area contributed by atoms with Crippen LogP contribution in [-0.2, 0) is 16.2 Å². The number of halogens is 3. The maximum Gasteiger partial charge on any atom is 0.416 e. The largest absolute Gasteiger partial charge is 0.416 e. The molecule has 24 heavy (non-hydrogen) atoms. The summed E-state index contributed by atoms with van der Waals surface area (Å²) in [7, 11) is -4.14. The van der Waals surface area contributed by atoms with Gasteiger partial charge in [-0.05, 0) is 29.7 Å². The van der Waals surface area contributed by atoms with Crippen molar-refractivity contribution < 1.29 is 21.6 Å². The van der Waals surface area contributed by atoms with Gasteiger partial charge in [0.2, 0.25) is 0 Å². The number of benzene rings is 3. The Labute approximate surface area is 136 Å². The molecule has 0 aliphatic carbocycles. The van der Waals surface area contributed by atoms with Crippen molar-refractivity contribution in [3.05, 3.63) is 72.3 Å². The second-order valence-electron chi connectivity index (χ2n) is 5.16. The number of hydrogen-bond donors (Lipinski definition) is 1. The third-order valence-corrected chi connectivity index (χ3v) is 4.87. The Morgan fingerprint density at radius 3 is 2.25 bits per heavy atom. The van der Waals surface area contributed by atoms with E-state index in [-0.39, 0.29) is 0 Å². The first kappa shape index (κ1) is 16.3. The van der Waals surface area contributed by atoms with Crippen molar-refractivity contribution >= 4 is 26.5 Å². The minimum absolute atomic E-state index is 0.311. The van der Waals surface area contributed by atoms with Gasteiger partial charge in [-0.1, -0.05) is 42.5 Å². The Hall–Kier alpha value is -2.54. The zero-order chi connectivity index (χ0) is 17.4. The summed E-state index contributed by atoms with van der Waals surface area (Å²) < 4.78 is 65.6. The molecule has 0 fully saturated rings. The molecule has 0 amide bonds. The molecule has 3 nitrogen and oxygen atoms in total. The first-order valence-corrected chi connectivity index (χ1v) is 8.43. The van der Waals surface area contributed by atoms with Crippen LogP contribution in [0.25, 0.3) is 10.8 Å². The smallest absolute Gasteiger partial charge is 0.279 e. The van der Waals surface area contributed by atoms with E-state index in [4.69, 9.17) is 0 Å². The van der Waals surface area contributed by atoms with Crippen molar-refractivity contribution in [3.63, 3.8) is 0 Å². The maximum absolute atomic E-state index is 12.8. The van der Waals surface area contributed by atoms with Gasteiger partial charge in [-0.25, -0.2) is 8.42 Å². The zero-order valence-corrected chi connectivity index (χ0v) is 13.0. The van der Waals surface area contributed by atoms with Crippen LogP contribution in [0.3, 0.4) is 0 Å². The summed E-state index contributed by atoms with van der Waals surface area (Å²) in [6.07, 6.45) is -4.61. The maximum atomic E-state index is 12.8. The van der Waals surface area contributed by atoms with E-state index in [1.54, 1.807) is 24.3 Å². The Bertz CT molecular complexity index is 993. The quantitative estimate of drug-likeness (QED) is 0.746. The predicted octanol–water partition coefficient (Wildman–Crippen LogP) is 4.66. The molecule has 3 aromatic rings. The average Bonchev–Trinajstić information content (AvgIpc) is 2.54. The molecule has 1 N–H and O–H groups in total. The molecule has 0 unspecified atom stereocenters. The summed E-state index contributed by atoms with van der Waals surface area (Å²) in [5.41, 5.74) is -0.700. The molecule has 0 aliphatic heterocycles. The van der Waals surface area contributed by atoms with Crippen LogP contribution in [0, 0.1) is 0 Å². The Morgan fingerprint density at radius 2 is 1.50 bits per heavy atom. The van der Waals surface area contributed by atoms with E-state index in [0.29, 0.717) is 17.1 Å². The zero-order valence-electron chi connectivity index (χ0n) is 12.2. The second kappa shape index (κ2) is 5.83. The molecule has 0 radical (unpaired) electrons. The molecule has 0 heterocycles. The van der Waals surface area contributed by atoms with E-state index in [1.807, 2.05) is 18.2 Å². The van der Waals surface area contributed by atoms with Crippen molar-refractivity contribution in [1.82, 2.24) is 0 Å².